The molecule has 1 amide bonds. The third-order valence-corrected chi connectivity index (χ3v) is 3.53. The highest BCUT2D eigenvalue weighted by molar-refractivity contribution is 5.87. The summed E-state index contributed by atoms with van der Waals surface area (Å²) in [5.41, 5.74) is 2.28. The number of carbonyl (C=O) groups is 1. The molecule has 1 aromatic carbocycles. The maximum atomic E-state index is 12.1. The van der Waals surface area contributed by atoms with Crippen molar-refractivity contribution in [2.24, 2.45) is 0 Å². The van der Waals surface area contributed by atoms with Gasteiger partial charge in [-0.1, -0.05) is 18.2 Å². The van der Waals surface area contributed by atoms with Crippen molar-refractivity contribution in [1.29, 1.82) is 0 Å². The van der Waals surface area contributed by atoms with Crippen LogP contribution in [0.5, 0.6) is 0 Å². The monoisotopic (exact) mass is 270 g/mol. The van der Waals surface area contributed by atoms with Crippen molar-refractivity contribution in [3.8, 4) is 0 Å². The van der Waals surface area contributed by atoms with Crippen molar-refractivity contribution in [3.05, 3.63) is 48.0 Å². The van der Waals surface area contributed by atoms with Gasteiger partial charge >= 0.3 is 0 Å². The van der Waals surface area contributed by atoms with E-state index in [2.05, 4.69) is 26.7 Å². The van der Waals surface area contributed by atoms with E-state index in [-0.39, 0.29) is 11.9 Å². The van der Waals surface area contributed by atoms with Crippen LogP contribution in [0.25, 0.3) is 0 Å². The van der Waals surface area contributed by atoms with E-state index in [1.165, 1.54) is 5.56 Å². The number of rotatable bonds is 5. The molecule has 0 spiro atoms. The third kappa shape index (κ3) is 2.82. The van der Waals surface area contributed by atoms with Gasteiger partial charge in [0.15, 0.2) is 0 Å². The summed E-state index contributed by atoms with van der Waals surface area (Å²) in [6, 6.07) is 7.92. The van der Waals surface area contributed by atoms with Gasteiger partial charge in [-0.05, 0) is 18.1 Å². The molecule has 0 fully saturated rings. The zero-order valence-corrected chi connectivity index (χ0v) is 11.2. The van der Waals surface area contributed by atoms with E-state index < -0.39 is 0 Å². The van der Waals surface area contributed by atoms with Crippen LogP contribution in [0.1, 0.15) is 17.8 Å². The molecule has 1 aliphatic rings. The number of hydrogen-bond acceptors (Lipinski definition) is 3. The molecular weight excluding hydrogens is 252 g/mol. The average molecular weight is 270 g/mol. The number of carbonyl (C=O) groups excluding carboxylic acids is 1. The Bertz CT molecular complexity index is 554. The minimum Gasteiger partial charge on any atom is -0.373 e. The lowest BCUT2D eigenvalue weighted by Crippen LogP contribution is -2.38. The van der Waals surface area contributed by atoms with E-state index in [0.717, 1.165) is 30.8 Å². The maximum absolute atomic E-state index is 12.1. The van der Waals surface area contributed by atoms with E-state index in [1.54, 1.807) is 6.20 Å². The summed E-state index contributed by atoms with van der Waals surface area (Å²) in [7, 11) is 0. The summed E-state index contributed by atoms with van der Waals surface area (Å²) in [6.07, 6.45) is 6.06. The first-order chi connectivity index (χ1) is 9.83. The molecule has 0 radical (unpaired) electrons. The van der Waals surface area contributed by atoms with Gasteiger partial charge < -0.3 is 15.6 Å². The highest BCUT2D eigenvalue weighted by Gasteiger charge is 2.25. The van der Waals surface area contributed by atoms with Gasteiger partial charge in [0.05, 0.1) is 0 Å². The largest absolute Gasteiger partial charge is 0.373 e. The number of aromatic amines is 1. The zero-order valence-electron chi connectivity index (χ0n) is 11.2. The van der Waals surface area contributed by atoms with Crippen LogP contribution in [0.4, 0.5) is 5.69 Å². The normalized spacial score (nSPS) is 16.5. The lowest BCUT2D eigenvalue weighted by molar-refractivity contribution is -0.121. The van der Waals surface area contributed by atoms with Gasteiger partial charge in [-0.2, -0.15) is 0 Å². The van der Waals surface area contributed by atoms with Crippen LogP contribution in [0.15, 0.2) is 36.7 Å². The Hall–Kier alpha value is -2.30. The van der Waals surface area contributed by atoms with Crippen LogP contribution in [0, 0.1) is 0 Å². The standard InChI is InChI=1S/C15H18N4O/c20-15(18-7-3-6-14-16-8-9-17-14)13-10-11-4-1-2-5-12(11)19-13/h1-2,4-5,8-9,13,19H,3,6-7,10H2,(H,16,17)(H,18,20)/t13-/m0/s1. The second-order valence-electron chi connectivity index (χ2n) is 4.99. The number of nitrogens with one attached hydrogen (secondary N) is 3. The Labute approximate surface area is 117 Å². The van der Waals surface area contributed by atoms with E-state index in [0.29, 0.717) is 6.54 Å². The fourth-order valence-electron chi connectivity index (χ4n) is 2.48. The number of para-hydroxylation sites is 1. The van der Waals surface area contributed by atoms with Crippen molar-refractivity contribution in [1.82, 2.24) is 15.3 Å². The lowest BCUT2D eigenvalue weighted by atomic mass is 10.1. The molecule has 1 atom stereocenters. The molecule has 104 valence electrons. The zero-order chi connectivity index (χ0) is 13.8. The first-order valence-corrected chi connectivity index (χ1v) is 6.93. The van der Waals surface area contributed by atoms with E-state index in [4.69, 9.17) is 0 Å². The third-order valence-electron chi connectivity index (χ3n) is 3.53. The van der Waals surface area contributed by atoms with E-state index >= 15 is 0 Å². The Morgan fingerprint density at radius 1 is 1.40 bits per heavy atom. The van der Waals surface area contributed by atoms with Crippen molar-refractivity contribution in [2.75, 3.05) is 11.9 Å². The predicted octanol–water partition coefficient (Wildman–Crippen LogP) is 1.50. The summed E-state index contributed by atoms with van der Waals surface area (Å²) >= 11 is 0. The van der Waals surface area contributed by atoms with Gasteiger partial charge in [0.2, 0.25) is 5.91 Å². The number of amides is 1. The van der Waals surface area contributed by atoms with Crippen LogP contribution in [-0.4, -0.2) is 28.5 Å². The second-order valence-corrected chi connectivity index (χ2v) is 4.99. The molecule has 2 heterocycles. The van der Waals surface area contributed by atoms with Crippen molar-refractivity contribution >= 4 is 11.6 Å². The van der Waals surface area contributed by atoms with Gasteiger partial charge in [0.25, 0.3) is 0 Å². The van der Waals surface area contributed by atoms with Crippen molar-refractivity contribution in [2.45, 2.75) is 25.3 Å². The van der Waals surface area contributed by atoms with Crippen molar-refractivity contribution in [3.63, 3.8) is 0 Å². The summed E-state index contributed by atoms with van der Waals surface area (Å²) < 4.78 is 0. The Morgan fingerprint density at radius 3 is 3.10 bits per heavy atom. The predicted molar refractivity (Wildman–Crippen MR) is 77.5 cm³/mol. The van der Waals surface area contributed by atoms with Gasteiger partial charge in [-0.3, -0.25) is 4.79 Å². The first kappa shape index (κ1) is 12.7. The summed E-state index contributed by atoms with van der Waals surface area (Å²) in [4.78, 5) is 19.3. The number of aromatic nitrogens is 2. The molecule has 3 N–H and O–H groups in total. The van der Waals surface area contributed by atoms with Crippen LogP contribution >= 0.6 is 0 Å². The number of imidazole rings is 1. The number of nitrogens with zero attached hydrogens (tertiary/aromatic N) is 1. The molecule has 5 nitrogen and oxygen atoms in total. The molecule has 0 aliphatic carbocycles. The molecular formula is C15H18N4O. The van der Waals surface area contributed by atoms with Crippen LogP contribution < -0.4 is 10.6 Å². The molecule has 3 rings (SSSR count). The first-order valence-electron chi connectivity index (χ1n) is 6.93. The van der Waals surface area contributed by atoms with Gasteiger partial charge in [-0.25, -0.2) is 4.98 Å². The van der Waals surface area contributed by atoms with E-state index in [1.807, 2.05) is 24.4 Å². The summed E-state index contributed by atoms with van der Waals surface area (Å²) in [5.74, 6) is 1.03. The minimum atomic E-state index is -0.143. The van der Waals surface area contributed by atoms with Gasteiger partial charge in [-0.15, -0.1) is 0 Å². The van der Waals surface area contributed by atoms with E-state index in [9.17, 15) is 4.79 Å². The average Bonchev–Trinajstić information content (AvgIpc) is 3.12. The molecule has 1 aliphatic heterocycles. The Morgan fingerprint density at radius 2 is 2.30 bits per heavy atom. The topological polar surface area (TPSA) is 69.8 Å². The number of hydrogen-bond donors (Lipinski definition) is 3. The molecule has 0 saturated heterocycles. The molecule has 0 unspecified atom stereocenters. The fraction of sp³-hybridized carbons (Fsp3) is 0.333. The molecule has 1 aromatic heterocycles. The minimum absolute atomic E-state index is 0.0700. The SMILES string of the molecule is O=C(NCCCc1ncc[nH]1)[C@@H]1Cc2ccccc2N1. The van der Waals surface area contributed by atoms with Gasteiger partial charge in [0, 0.05) is 37.5 Å². The van der Waals surface area contributed by atoms with Crippen LogP contribution in [0.2, 0.25) is 0 Å². The summed E-state index contributed by atoms with van der Waals surface area (Å²) in [5, 5.41) is 6.24. The quantitative estimate of drug-likeness (QED) is 0.721. The maximum Gasteiger partial charge on any atom is 0.242 e. The molecule has 0 bridgehead atoms. The highest BCUT2D eigenvalue weighted by atomic mass is 16.2. The Balaban J connectivity index is 1.42. The summed E-state index contributed by atoms with van der Waals surface area (Å²) in [6.45, 7) is 0.675. The number of H-pyrrole nitrogens is 1. The van der Waals surface area contributed by atoms with Gasteiger partial charge in [0.1, 0.15) is 11.9 Å². The fourth-order valence-corrected chi connectivity index (χ4v) is 2.48. The lowest BCUT2D eigenvalue weighted by Gasteiger charge is -2.11. The van der Waals surface area contributed by atoms with Crippen LogP contribution in [-0.2, 0) is 17.6 Å². The highest BCUT2D eigenvalue weighted by Crippen LogP contribution is 2.24. The van der Waals surface area contributed by atoms with Crippen LogP contribution in [0.3, 0.4) is 0 Å². The number of anilines is 1. The molecule has 2 aromatic rings. The number of benzene rings is 1. The smallest absolute Gasteiger partial charge is 0.242 e. The second kappa shape index (κ2) is 5.77. The number of aryl methyl sites for hydroxylation is 1. The molecule has 20 heavy (non-hydrogen) atoms. The molecule has 0 saturated carbocycles. The molecule has 5 heteroatoms. The number of fused-ring (bicyclic) bond motifs is 1. The Kier molecular flexibility index (Phi) is 3.67. The van der Waals surface area contributed by atoms with Crippen molar-refractivity contribution < 1.29 is 4.79 Å².